The number of carbonyl (C=O) groups excluding carboxylic acids is 1. The van der Waals surface area contributed by atoms with E-state index in [-0.39, 0.29) is 18.0 Å². The van der Waals surface area contributed by atoms with E-state index in [0.717, 1.165) is 12.8 Å². The van der Waals surface area contributed by atoms with Crippen molar-refractivity contribution >= 4 is 17.6 Å². The second-order valence-corrected chi connectivity index (χ2v) is 2.45. The molecule has 0 aromatic heterocycles. The number of ether oxygens (including phenoxy) is 1. The summed E-state index contributed by atoms with van der Waals surface area (Å²) in [6.45, 7) is 5.57. The maximum Gasteiger partial charge on any atom is 0.321 e. The highest BCUT2D eigenvalue weighted by Gasteiger charge is 2.07. The van der Waals surface area contributed by atoms with Gasteiger partial charge in [-0.1, -0.05) is 26.0 Å². The van der Waals surface area contributed by atoms with Crippen molar-refractivity contribution in [3.05, 3.63) is 12.7 Å². The molecule has 0 amide bonds. The smallest absolute Gasteiger partial charge is 0.321 e. The second-order valence-electron chi connectivity index (χ2n) is 2.19. The van der Waals surface area contributed by atoms with E-state index in [2.05, 4.69) is 6.58 Å². The minimum absolute atomic E-state index is 0.0892. The molecule has 0 aliphatic rings. The highest BCUT2D eigenvalue weighted by molar-refractivity contribution is 6.26. The van der Waals surface area contributed by atoms with Gasteiger partial charge in [-0.2, -0.15) is 0 Å². The van der Waals surface area contributed by atoms with E-state index in [1.165, 1.54) is 0 Å². The van der Waals surface area contributed by atoms with Gasteiger partial charge in [-0.3, -0.25) is 4.79 Å². The zero-order chi connectivity index (χ0) is 8.69. The molecule has 0 rings (SSSR count). The van der Waals surface area contributed by atoms with Gasteiger partial charge in [0, 0.05) is 0 Å². The zero-order valence-corrected chi connectivity index (χ0v) is 7.43. The summed E-state index contributed by atoms with van der Waals surface area (Å²) in [6.07, 6.45) is 3.22. The van der Waals surface area contributed by atoms with E-state index in [4.69, 9.17) is 16.3 Å². The summed E-state index contributed by atoms with van der Waals surface area (Å²) in [7, 11) is 0. The molecule has 1 unspecified atom stereocenters. The van der Waals surface area contributed by atoms with Crippen LogP contribution in [0, 0.1) is 0 Å². The van der Waals surface area contributed by atoms with E-state index < -0.39 is 0 Å². The maximum atomic E-state index is 10.7. The Kier molecular flexibility index (Phi) is 5.94. The van der Waals surface area contributed by atoms with Crippen LogP contribution in [0.5, 0.6) is 0 Å². The largest absolute Gasteiger partial charge is 0.457 e. The van der Waals surface area contributed by atoms with Gasteiger partial charge in [0.2, 0.25) is 0 Å². The van der Waals surface area contributed by atoms with Crippen molar-refractivity contribution < 1.29 is 9.53 Å². The Bertz CT molecular complexity index is 134. The first kappa shape index (κ1) is 10.5. The summed E-state index contributed by atoms with van der Waals surface area (Å²) in [5.41, 5.74) is 0. The molecular formula is C8H13ClO2. The Labute approximate surface area is 72.2 Å². The Morgan fingerprint density at radius 1 is 1.82 bits per heavy atom. The van der Waals surface area contributed by atoms with Crippen LogP contribution >= 0.6 is 11.6 Å². The maximum absolute atomic E-state index is 10.7. The molecule has 11 heavy (non-hydrogen) atoms. The molecule has 1 atom stereocenters. The fourth-order valence-electron chi connectivity index (χ4n) is 0.710. The third-order valence-corrected chi connectivity index (χ3v) is 1.45. The van der Waals surface area contributed by atoms with Gasteiger partial charge >= 0.3 is 5.97 Å². The SMILES string of the molecule is C=CC(CCC)OC(=O)CCl. The van der Waals surface area contributed by atoms with Gasteiger partial charge in [-0.15, -0.1) is 11.6 Å². The van der Waals surface area contributed by atoms with Crippen LogP contribution in [0.4, 0.5) is 0 Å². The molecule has 0 bridgehead atoms. The molecule has 0 fully saturated rings. The normalized spacial score (nSPS) is 12.2. The lowest BCUT2D eigenvalue weighted by molar-refractivity contribution is -0.143. The first-order chi connectivity index (χ1) is 5.24. The Balaban J connectivity index is 3.67. The minimum atomic E-state index is -0.384. The van der Waals surface area contributed by atoms with Gasteiger partial charge in [-0.05, 0) is 6.42 Å². The lowest BCUT2D eigenvalue weighted by atomic mass is 10.2. The first-order valence-electron chi connectivity index (χ1n) is 3.62. The van der Waals surface area contributed by atoms with Gasteiger partial charge in [0.15, 0.2) is 0 Å². The van der Waals surface area contributed by atoms with Gasteiger partial charge in [0.05, 0.1) is 0 Å². The molecule has 0 N–H and O–H groups in total. The van der Waals surface area contributed by atoms with Crippen LogP contribution in [0.3, 0.4) is 0 Å². The van der Waals surface area contributed by atoms with Crippen LogP contribution in [-0.2, 0) is 9.53 Å². The predicted octanol–water partition coefficient (Wildman–Crippen LogP) is 2.12. The minimum Gasteiger partial charge on any atom is -0.457 e. The summed E-state index contributed by atoms with van der Waals surface area (Å²) in [5.74, 6) is -0.473. The molecule has 0 aliphatic heterocycles. The summed E-state index contributed by atoms with van der Waals surface area (Å²) in [4.78, 5) is 10.7. The molecule has 0 heterocycles. The van der Waals surface area contributed by atoms with E-state index >= 15 is 0 Å². The van der Waals surface area contributed by atoms with Crippen molar-refractivity contribution in [2.24, 2.45) is 0 Å². The van der Waals surface area contributed by atoms with Crippen molar-refractivity contribution in [2.75, 3.05) is 5.88 Å². The van der Waals surface area contributed by atoms with Crippen molar-refractivity contribution in [1.82, 2.24) is 0 Å². The van der Waals surface area contributed by atoms with E-state index in [1.807, 2.05) is 6.92 Å². The quantitative estimate of drug-likeness (QED) is 0.365. The second kappa shape index (κ2) is 6.23. The third-order valence-electron chi connectivity index (χ3n) is 1.23. The molecule has 0 aliphatic carbocycles. The molecule has 3 heteroatoms. The molecule has 0 radical (unpaired) electrons. The number of alkyl halides is 1. The summed E-state index contributed by atoms with van der Waals surface area (Å²) in [6, 6.07) is 0. The molecule has 64 valence electrons. The fraction of sp³-hybridized carbons (Fsp3) is 0.625. The molecule has 2 nitrogen and oxygen atoms in total. The highest BCUT2D eigenvalue weighted by atomic mass is 35.5. The van der Waals surface area contributed by atoms with E-state index in [9.17, 15) is 4.79 Å². The van der Waals surface area contributed by atoms with Crippen LogP contribution in [0.2, 0.25) is 0 Å². The summed E-state index contributed by atoms with van der Waals surface area (Å²) in [5, 5.41) is 0. The van der Waals surface area contributed by atoms with Crippen LogP contribution in [0.1, 0.15) is 19.8 Å². The van der Waals surface area contributed by atoms with Gasteiger partial charge in [0.25, 0.3) is 0 Å². The van der Waals surface area contributed by atoms with Crippen LogP contribution < -0.4 is 0 Å². The summed E-state index contributed by atoms with van der Waals surface area (Å²) < 4.78 is 4.90. The average Bonchev–Trinajstić information content (AvgIpc) is 2.03. The fourth-order valence-corrected chi connectivity index (χ4v) is 0.773. The van der Waals surface area contributed by atoms with Crippen LogP contribution in [0.15, 0.2) is 12.7 Å². The van der Waals surface area contributed by atoms with Crippen LogP contribution in [-0.4, -0.2) is 18.0 Å². The number of hydrogen-bond acceptors (Lipinski definition) is 2. The standard InChI is InChI=1S/C8H13ClO2/c1-3-5-7(4-2)11-8(10)6-9/h4,7H,2-3,5-6H2,1H3. The number of rotatable bonds is 5. The molecular weight excluding hydrogens is 164 g/mol. The molecule has 0 saturated heterocycles. The van der Waals surface area contributed by atoms with Gasteiger partial charge in [-0.25, -0.2) is 0 Å². The molecule has 0 spiro atoms. The Morgan fingerprint density at radius 2 is 2.45 bits per heavy atom. The Hall–Kier alpha value is -0.500. The highest BCUT2D eigenvalue weighted by Crippen LogP contribution is 2.03. The lowest BCUT2D eigenvalue weighted by Gasteiger charge is -2.11. The molecule has 0 aromatic carbocycles. The van der Waals surface area contributed by atoms with Crippen LogP contribution in [0.25, 0.3) is 0 Å². The number of hydrogen-bond donors (Lipinski definition) is 0. The summed E-state index contributed by atoms with van der Waals surface area (Å²) >= 11 is 5.24. The average molecular weight is 177 g/mol. The van der Waals surface area contributed by atoms with E-state index in [0.29, 0.717) is 0 Å². The first-order valence-corrected chi connectivity index (χ1v) is 4.16. The number of halogens is 1. The zero-order valence-electron chi connectivity index (χ0n) is 6.68. The van der Waals surface area contributed by atoms with Gasteiger partial charge in [0.1, 0.15) is 12.0 Å². The molecule has 0 aromatic rings. The monoisotopic (exact) mass is 176 g/mol. The van der Waals surface area contributed by atoms with Crippen molar-refractivity contribution in [2.45, 2.75) is 25.9 Å². The van der Waals surface area contributed by atoms with E-state index in [1.54, 1.807) is 6.08 Å². The van der Waals surface area contributed by atoms with Crippen molar-refractivity contribution in [3.63, 3.8) is 0 Å². The van der Waals surface area contributed by atoms with Crippen molar-refractivity contribution in [1.29, 1.82) is 0 Å². The van der Waals surface area contributed by atoms with Gasteiger partial charge < -0.3 is 4.74 Å². The third kappa shape index (κ3) is 4.85. The number of esters is 1. The van der Waals surface area contributed by atoms with Crippen molar-refractivity contribution in [3.8, 4) is 0 Å². The predicted molar refractivity (Wildman–Crippen MR) is 45.7 cm³/mol. The lowest BCUT2D eigenvalue weighted by Crippen LogP contribution is -2.16. The molecule has 0 saturated carbocycles. The topological polar surface area (TPSA) is 26.3 Å². The Morgan fingerprint density at radius 3 is 2.82 bits per heavy atom. The number of carbonyl (C=O) groups is 1.